The van der Waals surface area contributed by atoms with Crippen LogP contribution in [0.5, 0.6) is 0 Å². The van der Waals surface area contributed by atoms with E-state index in [9.17, 15) is 0 Å². The number of hydrogen-bond donors (Lipinski definition) is 0. The van der Waals surface area contributed by atoms with Gasteiger partial charge in [-0.15, -0.1) is 0 Å². The van der Waals surface area contributed by atoms with Crippen molar-refractivity contribution >= 4 is 31.6 Å². The van der Waals surface area contributed by atoms with Gasteiger partial charge in [0.1, 0.15) is 0 Å². The molecule has 0 aliphatic carbocycles. The molecule has 0 bridgehead atoms. The van der Waals surface area contributed by atoms with Gasteiger partial charge in [0, 0.05) is 0 Å². The van der Waals surface area contributed by atoms with E-state index in [1.807, 2.05) is 0 Å². The molecular weight excluding hydrogens is 511 g/mol. The van der Waals surface area contributed by atoms with Crippen molar-refractivity contribution in [1.82, 2.24) is 4.90 Å². The third-order valence-corrected chi connectivity index (χ3v) is 14.2. The van der Waals surface area contributed by atoms with Crippen LogP contribution in [0.15, 0.2) is 66.7 Å². The van der Waals surface area contributed by atoms with E-state index in [4.69, 9.17) is 0 Å². The molecule has 1 nitrogen and oxygen atoms in total. The predicted octanol–water partition coefficient (Wildman–Crippen LogP) is 3.19. The summed E-state index contributed by atoms with van der Waals surface area (Å²) >= 11 is -2.33. The first-order chi connectivity index (χ1) is 12.4. The number of nitrogens with zero attached hydrogens (tertiary/aromatic N) is 1. The van der Waals surface area contributed by atoms with Gasteiger partial charge in [0.2, 0.25) is 0 Å². The van der Waals surface area contributed by atoms with Crippen molar-refractivity contribution < 1.29 is 0 Å². The van der Waals surface area contributed by atoms with Crippen LogP contribution in [-0.4, -0.2) is 40.7 Å². The minimum absolute atomic E-state index is 1.00. The van der Waals surface area contributed by atoms with Crippen molar-refractivity contribution in [3.05, 3.63) is 89.0 Å². The van der Waals surface area contributed by atoms with E-state index in [1.165, 1.54) is 22.3 Å². The molecule has 26 heavy (non-hydrogen) atoms. The molecule has 0 saturated carbocycles. The van der Waals surface area contributed by atoms with E-state index in [0.717, 1.165) is 6.54 Å². The standard InChI is InChI=1S/C10H14N.2C7H7.Bi/c1-9-5-4-6-10(7-9)8-11(2)3;2*1-7-5-3-2-4-6-7;/h4-5,7H,8H2,1-3H3;2*2-3,5-6H,1H3;. The Morgan fingerprint density at radius 2 is 1.23 bits per heavy atom. The average Bonchev–Trinajstić information content (AvgIpc) is 2.57. The molecule has 3 aromatic carbocycles. The maximum absolute atomic E-state index is 2.42. The molecule has 0 amide bonds. The van der Waals surface area contributed by atoms with Gasteiger partial charge in [0.15, 0.2) is 0 Å². The Kier molecular flexibility index (Phi) is 6.27. The number of hydrogen-bond acceptors (Lipinski definition) is 1. The summed E-state index contributed by atoms with van der Waals surface area (Å²) in [6, 6.07) is 25.5. The minimum atomic E-state index is -2.33. The van der Waals surface area contributed by atoms with Crippen molar-refractivity contribution in [2.45, 2.75) is 27.3 Å². The third kappa shape index (κ3) is 4.61. The van der Waals surface area contributed by atoms with Crippen LogP contribution in [0.25, 0.3) is 0 Å². The van der Waals surface area contributed by atoms with Gasteiger partial charge >= 0.3 is 167 Å². The summed E-state index contributed by atoms with van der Waals surface area (Å²) in [5.41, 5.74) is 5.56. The Labute approximate surface area is 166 Å². The van der Waals surface area contributed by atoms with E-state index in [-0.39, 0.29) is 0 Å². The first-order valence-electron chi connectivity index (χ1n) is 9.12. The van der Waals surface area contributed by atoms with Crippen LogP contribution in [0.2, 0.25) is 0 Å². The van der Waals surface area contributed by atoms with E-state index in [0.29, 0.717) is 0 Å². The second-order valence-corrected chi connectivity index (χ2v) is 15.9. The predicted molar refractivity (Wildman–Crippen MR) is 116 cm³/mol. The van der Waals surface area contributed by atoms with Crippen LogP contribution in [-0.2, 0) is 6.54 Å². The molecule has 0 saturated heterocycles. The number of rotatable bonds is 5. The van der Waals surface area contributed by atoms with Gasteiger partial charge in [-0.25, -0.2) is 0 Å². The van der Waals surface area contributed by atoms with Gasteiger partial charge in [-0.05, 0) is 0 Å². The fourth-order valence-electron chi connectivity index (χ4n) is 3.36. The van der Waals surface area contributed by atoms with Gasteiger partial charge in [-0.1, -0.05) is 0 Å². The summed E-state index contributed by atoms with van der Waals surface area (Å²) in [6.45, 7) is 7.61. The van der Waals surface area contributed by atoms with Crippen molar-refractivity contribution in [3.8, 4) is 0 Å². The van der Waals surface area contributed by atoms with Crippen LogP contribution in [0.3, 0.4) is 0 Å². The third-order valence-electron chi connectivity index (χ3n) is 4.48. The molecular formula is C24H28BiN. The summed E-state index contributed by atoms with van der Waals surface area (Å²) < 4.78 is 4.74. The van der Waals surface area contributed by atoms with Crippen LogP contribution >= 0.6 is 0 Å². The van der Waals surface area contributed by atoms with Crippen LogP contribution in [0, 0.1) is 20.8 Å². The van der Waals surface area contributed by atoms with E-state index < -0.39 is 21.8 Å². The van der Waals surface area contributed by atoms with Crippen molar-refractivity contribution in [2.75, 3.05) is 14.1 Å². The summed E-state index contributed by atoms with van der Waals surface area (Å²) in [5.74, 6) is 0. The second kappa shape index (κ2) is 8.46. The molecule has 0 unspecified atom stereocenters. The molecule has 0 N–H and O–H groups in total. The topological polar surface area (TPSA) is 3.24 Å². The zero-order valence-electron chi connectivity index (χ0n) is 16.5. The first-order valence-corrected chi connectivity index (χ1v) is 14.3. The molecule has 0 heterocycles. The molecule has 0 atom stereocenters. The van der Waals surface area contributed by atoms with E-state index >= 15 is 0 Å². The Hall–Kier alpha value is -1.50. The molecule has 0 aromatic heterocycles. The van der Waals surface area contributed by atoms with Crippen molar-refractivity contribution in [3.63, 3.8) is 0 Å². The molecule has 3 aromatic rings. The zero-order chi connectivity index (χ0) is 18.7. The summed E-state index contributed by atoms with van der Waals surface area (Å²) in [4.78, 5) is 2.28. The maximum atomic E-state index is 2.42. The molecule has 2 heteroatoms. The molecule has 134 valence electrons. The van der Waals surface area contributed by atoms with Gasteiger partial charge in [0.25, 0.3) is 0 Å². The van der Waals surface area contributed by atoms with Gasteiger partial charge < -0.3 is 0 Å². The summed E-state index contributed by atoms with van der Waals surface area (Å²) in [7, 11) is 4.32. The van der Waals surface area contributed by atoms with Crippen LogP contribution in [0.1, 0.15) is 22.3 Å². The first kappa shape index (κ1) is 19.3. The average molecular weight is 539 g/mol. The molecule has 0 radical (unpaired) electrons. The number of benzene rings is 3. The van der Waals surface area contributed by atoms with Crippen LogP contribution < -0.4 is 9.81 Å². The van der Waals surface area contributed by atoms with Gasteiger partial charge in [0.05, 0.1) is 0 Å². The van der Waals surface area contributed by atoms with Crippen molar-refractivity contribution in [2.24, 2.45) is 0 Å². The molecule has 0 fully saturated rings. The van der Waals surface area contributed by atoms with E-state index in [2.05, 4.69) is 106 Å². The Morgan fingerprint density at radius 3 is 1.73 bits per heavy atom. The zero-order valence-corrected chi connectivity index (χ0v) is 19.9. The number of aryl methyl sites for hydroxylation is 3. The molecule has 0 aliphatic heterocycles. The fraction of sp³-hybridized carbons (Fsp3) is 0.250. The van der Waals surface area contributed by atoms with Crippen molar-refractivity contribution in [1.29, 1.82) is 0 Å². The Morgan fingerprint density at radius 1 is 0.692 bits per heavy atom. The summed E-state index contributed by atoms with van der Waals surface area (Å²) in [6.07, 6.45) is 0. The molecule has 0 aliphatic rings. The van der Waals surface area contributed by atoms with Gasteiger partial charge in [-0.2, -0.15) is 0 Å². The van der Waals surface area contributed by atoms with E-state index in [1.54, 1.807) is 9.81 Å². The Bertz CT molecular complexity index is 853. The summed E-state index contributed by atoms with van der Waals surface area (Å²) in [5, 5.41) is 0. The quantitative estimate of drug-likeness (QED) is 0.451. The SMILES string of the molecule is Cc1ccc[c]([Bi]([c]2cccc(C)c2)[c]2ccc(C)cc2CN(C)C)c1. The molecule has 3 rings (SSSR count). The normalized spacial score (nSPS) is 11.3. The fourth-order valence-corrected chi connectivity index (χ4v) is 13.6. The molecule has 0 spiro atoms. The van der Waals surface area contributed by atoms with Crippen LogP contribution in [0.4, 0.5) is 0 Å². The van der Waals surface area contributed by atoms with Gasteiger partial charge in [-0.3, -0.25) is 0 Å². The monoisotopic (exact) mass is 539 g/mol. The second-order valence-electron chi connectivity index (χ2n) is 7.38. The Balaban J connectivity index is 2.21.